The smallest absolute Gasteiger partial charge is 0.336 e. The average molecular weight is 366 g/mol. The van der Waals surface area contributed by atoms with Gasteiger partial charge >= 0.3 is 5.97 Å². The number of hydrogen-bond acceptors (Lipinski definition) is 6. The van der Waals surface area contributed by atoms with E-state index in [1.165, 1.54) is 23.6 Å². The zero-order valence-electron chi connectivity index (χ0n) is 13.4. The largest absolute Gasteiger partial charge is 0.478 e. The summed E-state index contributed by atoms with van der Waals surface area (Å²) in [5, 5.41) is 15.5. The predicted octanol–water partition coefficient (Wildman–Crippen LogP) is 3.05. The van der Waals surface area contributed by atoms with Gasteiger partial charge in [-0.2, -0.15) is 5.10 Å². The Balaban J connectivity index is 1.74. The van der Waals surface area contributed by atoms with Crippen LogP contribution in [-0.4, -0.2) is 28.2 Å². The highest BCUT2D eigenvalue weighted by Crippen LogP contribution is 2.25. The molecule has 0 atom stereocenters. The molecule has 1 heterocycles. The average Bonchev–Trinajstić information content (AvgIpc) is 3.11. The highest BCUT2D eigenvalue weighted by molar-refractivity contribution is 7.14. The summed E-state index contributed by atoms with van der Waals surface area (Å²) in [7, 11) is 0. The van der Waals surface area contributed by atoms with Crippen molar-refractivity contribution in [2.24, 2.45) is 10.8 Å². The summed E-state index contributed by atoms with van der Waals surface area (Å²) in [6.45, 7) is 0. The predicted molar refractivity (Wildman–Crippen MR) is 101 cm³/mol. The number of carboxylic acid groups (broad SMARTS) is 1. The topological polar surface area (TPSA) is 118 Å². The van der Waals surface area contributed by atoms with Crippen molar-refractivity contribution in [1.82, 2.24) is 4.98 Å². The molecule has 0 aliphatic rings. The summed E-state index contributed by atoms with van der Waals surface area (Å²) < 4.78 is 0. The summed E-state index contributed by atoms with van der Waals surface area (Å²) in [4.78, 5) is 26.8. The lowest BCUT2D eigenvalue weighted by Crippen LogP contribution is -2.10. The molecule has 0 bridgehead atoms. The summed E-state index contributed by atoms with van der Waals surface area (Å²) in [5.74, 6) is -1.51. The van der Waals surface area contributed by atoms with Crippen LogP contribution in [0.15, 0.2) is 59.0 Å². The molecule has 8 heteroatoms. The van der Waals surface area contributed by atoms with E-state index in [9.17, 15) is 9.59 Å². The van der Waals surface area contributed by atoms with Gasteiger partial charge < -0.3 is 10.8 Å². The maximum absolute atomic E-state index is 11.3. The minimum atomic E-state index is -1.02. The van der Waals surface area contributed by atoms with Gasteiger partial charge in [0, 0.05) is 22.1 Å². The molecule has 26 heavy (non-hydrogen) atoms. The van der Waals surface area contributed by atoms with E-state index in [1.807, 2.05) is 11.4 Å². The quantitative estimate of drug-likeness (QED) is 0.458. The van der Waals surface area contributed by atoms with Gasteiger partial charge in [0.05, 0.1) is 17.5 Å². The number of nitrogens with two attached hydrogens (primary N) is 1. The van der Waals surface area contributed by atoms with Gasteiger partial charge in [0.15, 0.2) is 0 Å². The second-order valence-electron chi connectivity index (χ2n) is 5.25. The Morgan fingerprint density at radius 3 is 2.77 bits per heavy atom. The number of carboxylic acids is 1. The molecular formula is C18H14N4O3S. The van der Waals surface area contributed by atoms with E-state index < -0.39 is 11.9 Å². The molecule has 0 aliphatic carbocycles. The lowest BCUT2D eigenvalue weighted by Gasteiger charge is -2.00. The van der Waals surface area contributed by atoms with Crippen molar-refractivity contribution in [2.75, 3.05) is 5.43 Å². The van der Waals surface area contributed by atoms with E-state index in [0.717, 1.165) is 5.56 Å². The molecule has 1 aromatic heterocycles. The van der Waals surface area contributed by atoms with Crippen molar-refractivity contribution in [3.8, 4) is 11.3 Å². The van der Waals surface area contributed by atoms with E-state index in [1.54, 1.807) is 36.4 Å². The fourth-order valence-corrected chi connectivity index (χ4v) is 2.92. The number of nitrogens with zero attached hydrogens (tertiary/aromatic N) is 2. The van der Waals surface area contributed by atoms with Crippen molar-refractivity contribution in [3.05, 3.63) is 70.6 Å². The summed E-state index contributed by atoms with van der Waals surface area (Å²) in [5.41, 5.74) is 10.6. The summed E-state index contributed by atoms with van der Waals surface area (Å²) in [6.07, 6.45) is 1.43. The van der Waals surface area contributed by atoms with Crippen LogP contribution < -0.4 is 11.2 Å². The molecule has 0 fully saturated rings. The number of carbonyl (C=O) groups excluding carboxylic acids is 1. The van der Waals surface area contributed by atoms with E-state index in [-0.39, 0.29) is 5.56 Å². The van der Waals surface area contributed by atoms with Crippen LogP contribution in [0.2, 0.25) is 0 Å². The van der Waals surface area contributed by atoms with Crippen LogP contribution in [0.3, 0.4) is 0 Å². The minimum absolute atomic E-state index is 0.168. The van der Waals surface area contributed by atoms with Gasteiger partial charge in [-0.3, -0.25) is 10.2 Å². The molecular weight excluding hydrogens is 352 g/mol. The first-order valence-corrected chi connectivity index (χ1v) is 8.40. The van der Waals surface area contributed by atoms with Crippen LogP contribution in [0.1, 0.15) is 26.3 Å². The maximum atomic E-state index is 11.3. The van der Waals surface area contributed by atoms with Crippen molar-refractivity contribution >= 4 is 34.6 Å². The Morgan fingerprint density at radius 2 is 2.00 bits per heavy atom. The first kappa shape index (κ1) is 17.3. The van der Waals surface area contributed by atoms with Crippen LogP contribution >= 0.6 is 11.3 Å². The van der Waals surface area contributed by atoms with Crippen molar-refractivity contribution in [1.29, 1.82) is 0 Å². The molecule has 130 valence electrons. The Bertz CT molecular complexity index is 997. The number of rotatable bonds is 6. The van der Waals surface area contributed by atoms with Crippen LogP contribution in [-0.2, 0) is 0 Å². The van der Waals surface area contributed by atoms with Gasteiger partial charge in [0.25, 0.3) is 0 Å². The minimum Gasteiger partial charge on any atom is -0.478 e. The fourth-order valence-electron chi connectivity index (χ4n) is 2.25. The zero-order valence-corrected chi connectivity index (χ0v) is 14.2. The van der Waals surface area contributed by atoms with Gasteiger partial charge in [-0.15, -0.1) is 11.3 Å². The number of anilines is 1. The van der Waals surface area contributed by atoms with Crippen molar-refractivity contribution < 1.29 is 14.7 Å². The second-order valence-corrected chi connectivity index (χ2v) is 6.10. The molecule has 4 N–H and O–H groups in total. The van der Waals surface area contributed by atoms with E-state index in [0.29, 0.717) is 22.0 Å². The van der Waals surface area contributed by atoms with Crippen molar-refractivity contribution in [2.45, 2.75) is 0 Å². The van der Waals surface area contributed by atoms with Crippen LogP contribution in [0.25, 0.3) is 11.3 Å². The Kier molecular flexibility index (Phi) is 5.04. The van der Waals surface area contributed by atoms with Gasteiger partial charge in [0.1, 0.15) is 0 Å². The molecule has 7 nitrogen and oxygen atoms in total. The van der Waals surface area contributed by atoms with E-state index in [2.05, 4.69) is 15.5 Å². The molecule has 3 rings (SSSR count). The maximum Gasteiger partial charge on any atom is 0.336 e. The molecule has 0 unspecified atom stereocenters. The Morgan fingerprint density at radius 1 is 1.19 bits per heavy atom. The number of primary amides is 1. The van der Waals surface area contributed by atoms with E-state index >= 15 is 0 Å². The first-order valence-electron chi connectivity index (χ1n) is 7.52. The lowest BCUT2D eigenvalue weighted by molar-refractivity contribution is 0.0696. The molecule has 0 aliphatic heterocycles. The van der Waals surface area contributed by atoms with E-state index in [4.69, 9.17) is 10.8 Å². The van der Waals surface area contributed by atoms with Gasteiger partial charge in [0.2, 0.25) is 11.0 Å². The van der Waals surface area contributed by atoms with Gasteiger partial charge in [-0.25, -0.2) is 9.78 Å². The molecule has 2 aromatic carbocycles. The Labute approximate surface area is 152 Å². The molecule has 0 saturated carbocycles. The number of nitrogens with one attached hydrogen (secondary N) is 1. The highest BCUT2D eigenvalue weighted by atomic mass is 32.1. The molecule has 3 aromatic rings. The number of carbonyl (C=O) groups is 2. The van der Waals surface area contributed by atoms with Gasteiger partial charge in [-0.1, -0.05) is 30.3 Å². The second kappa shape index (κ2) is 7.58. The Hall–Kier alpha value is -3.52. The monoisotopic (exact) mass is 366 g/mol. The normalized spacial score (nSPS) is 10.8. The van der Waals surface area contributed by atoms with Crippen molar-refractivity contribution in [3.63, 3.8) is 0 Å². The first-order chi connectivity index (χ1) is 12.5. The number of amides is 1. The van der Waals surface area contributed by atoms with Crippen LogP contribution in [0.4, 0.5) is 5.13 Å². The molecule has 0 spiro atoms. The lowest BCUT2D eigenvalue weighted by atomic mass is 10.1. The molecule has 1 amide bonds. The SMILES string of the molecule is NC(=O)c1cccc(-c2csc(N/N=C/c3ccccc3C(=O)O)n2)c1. The number of aromatic nitrogens is 1. The molecule has 0 radical (unpaired) electrons. The van der Waals surface area contributed by atoms with Gasteiger partial charge in [-0.05, 0) is 18.2 Å². The third-order valence-corrected chi connectivity index (χ3v) is 4.25. The van der Waals surface area contributed by atoms with Crippen LogP contribution in [0.5, 0.6) is 0 Å². The molecule has 0 saturated heterocycles. The third-order valence-electron chi connectivity index (χ3n) is 3.50. The number of aromatic carboxylic acids is 1. The summed E-state index contributed by atoms with van der Waals surface area (Å²) in [6, 6.07) is 13.5. The third kappa shape index (κ3) is 3.93. The highest BCUT2D eigenvalue weighted by Gasteiger charge is 2.08. The number of thiazole rings is 1. The standard InChI is InChI=1S/C18H14N4O3S/c19-16(23)12-6-3-5-11(8-12)15-10-26-18(21-15)22-20-9-13-4-1-2-7-14(13)17(24)25/h1-10H,(H2,19,23)(H,21,22)(H,24,25)/b20-9+. The fraction of sp³-hybridized carbons (Fsp3) is 0. The number of hydrazone groups is 1. The number of hydrogen-bond donors (Lipinski definition) is 3. The zero-order chi connectivity index (χ0) is 18.5. The van der Waals surface area contributed by atoms with Crippen LogP contribution in [0, 0.1) is 0 Å². The number of benzene rings is 2. The summed E-state index contributed by atoms with van der Waals surface area (Å²) >= 11 is 1.34.